The highest BCUT2D eigenvalue weighted by Crippen LogP contribution is 2.29. The number of terminal acetylenes is 1. The van der Waals surface area contributed by atoms with Crippen molar-refractivity contribution in [3.05, 3.63) is 65.4 Å². The molecule has 1 heterocycles. The van der Waals surface area contributed by atoms with Crippen LogP contribution in [-0.2, 0) is 0 Å². The van der Waals surface area contributed by atoms with Crippen LogP contribution in [0.5, 0.6) is 0 Å². The summed E-state index contributed by atoms with van der Waals surface area (Å²) in [6.45, 7) is 3.85. The average Bonchev–Trinajstić information content (AvgIpc) is 2.31. The van der Waals surface area contributed by atoms with Gasteiger partial charge in [-0.15, -0.1) is 6.42 Å². The van der Waals surface area contributed by atoms with Gasteiger partial charge in [0.05, 0.1) is 0 Å². The lowest BCUT2D eigenvalue weighted by Crippen LogP contribution is -2.19. The van der Waals surface area contributed by atoms with Crippen molar-refractivity contribution in [2.45, 2.75) is 0 Å². The van der Waals surface area contributed by atoms with E-state index in [9.17, 15) is 8.78 Å². The predicted octanol–water partition coefficient (Wildman–Crippen LogP) is 3.32. The van der Waals surface area contributed by atoms with Crippen molar-refractivity contribution in [1.29, 1.82) is 0 Å². The summed E-state index contributed by atoms with van der Waals surface area (Å²) in [6.07, 6.45) is 8.76. The van der Waals surface area contributed by atoms with Crippen LogP contribution in [0.4, 0.5) is 8.78 Å². The summed E-state index contributed by atoms with van der Waals surface area (Å²) in [7, 11) is 1.75. The summed E-state index contributed by atoms with van der Waals surface area (Å²) in [5.74, 6) is 1.28. The monoisotopic (exact) mass is 243 g/mol. The minimum Gasteiger partial charge on any atom is -0.344 e. The Labute approximate surface area is 105 Å². The van der Waals surface area contributed by atoms with Gasteiger partial charge in [0, 0.05) is 35.6 Å². The SMILES string of the molecule is C#CC1=CC=C(c2cc(F)cc(F)c2)N(C)C1=C. The fourth-order valence-electron chi connectivity index (χ4n) is 1.82. The minimum atomic E-state index is -0.614. The number of allylic oxidation sites excluding steroid dienone is 3. The predicted molar refractivity (Wildman–Crippen MR) is 68.2 cm³/mol. The molecule has 1 aromatic rings. The van der Waals surface area contributed by atoms with Gasteiger partial charge in [0.1, 0.15) is 11.6 Å². The van der Waals surface area contributed by atoms with Crippen LogP contribution >= 0.6 is 0 Å². The summed E-state index contributed by atoms with van der Waals surface area (Å²) < 4.78 is 26.4. The van der Waals surface area contributed by atoms with Crippen molar-refractivity contribution >= 4 is 5.70 Å². The minimum absolute atomic E-state index is 0.448. The topological polar surface area (TPSA) is 3.24 Å². The molecule has 0 radical (unpaired) electrons. The van der Waals surface area contributed by atoms with E-state index in [2.05, 4.69) is 12.5 Å². The van der Waals surface area contributed by atoms with Gasteiger partial charge in [0.2, 0.25) is 0 Å². The standard InChI is InChI=1S/C15H11F2N/c1-4-11-5-6-15(18(3)10(11)2)12-7-13(16)9-14(17)8-12/h1,5-9H,2H2,3H3. The van der Waals surface area contributed by atoms with E-state index in [-0.39, 0.29) is 0 Å². The van der Waals surface area contributed by atoms with E-state index >= 15 is 0 Å². The molecule has 0 saturated carbocycles. The molecule has 1 aromatic carbocycles. The summed E-state index contributed by atoms with van der Waals surface area (Å²) in [6, 6.07) is 3.38. The van der Waals surface area contributed by atoms with Gasteiger partial charge in [-0.3, -0.25) is 0 Å². The molecule has 1 aliphatic rings. The first-order valence-electron chi connectivity index (χ1n) is 5.31. The Hall–Kier alpha value is -2.34. The number of rotatable bonds is 1. The van der Waals surface area contributed by atoms with Gasteiger partial charge in [-0.2, -0.15) is 0 Å². The summed E-state index contributed by atoms with van der Waals surface area (Å²) in [5.41, 5.74) is 2.37. The third-order valence-corrected chi connectivity index (χ3v) is 2.80. The first-order valence-corrected chi connectivity index (χ1v) is 5.31. The maximum atomic E-state index is 13.2. The molecule has 90 valence electrons. The molecule has 2 rings (SSSR count). The van der Waals surface area contributed by atoms with Crippen LogP contribution in [0, 0.1) is 24.0 Å². The Morgan fingerprint density at radius 1 is 1.17 bits per heavy atom. The molecule has 0 saturated heterocycles. The van der Waals surface area contributed by atoms with Gasteiger partial charge < -0.3 is 4.90 Å². The van der Waals surface area contributed by atoms with E-state index in [1.165, 1.54) is 12.1 Å². The Kier molecular flexibility index (Phi) is 3.03. The molecule has 18 heavy (non-hydrogen) atoms. The number of nitrogens with zero attached hydrogens (tertiary/aromatic N) is 1. The molecule has 0 unspecified atom stereocenters. The Balaban J connectivity index is 2.52. The molecular formula is C15H11F2N. The molecular weight excluding hydrogens is 232 g/mol. The highest BCUT2D eigenvalue weighted by atomic mass is 19.1. The van der Waals surface area contributed by atoms with Gasteiger partial charge in [-0.05, 0) is 24.3 Å². The Morgan fingerprint density at radius 3 is 2.33 bits per heavy atom. The molecule has 0 atom stereocenters. The normalized spacial score (nSPS) is 15.0. The highest BCUT2D eigenvalue weighted by Gasteiger charge is 2.17. The zero-order valence-electron chi connectivity index (χ0n) is 9.87. The van der Waals surface area contributed by atoms with Crippen molar-refractivity contribution in [1.82, 2.24) is 4.90 Å². The van der Waals surface area contributed by atoms with Gasteiger partial charge in [0.25, 0.3) is 0 Å². The molecule has 1 aliphatic heterocycles. The number of hydrogen-bond acceptors (Lipinski definition) is 1. The van der Waals surface area contributed by atoms with Crippen molar-refractivity contribution in [3.63, 3.8) is 0 Å². The summed E-state index contributed by atoms with van der Waals surface area (Å²) in [5, 5.41) is 0. The number of likely N-dealkylation sites (N-methyl/N-ethyl adjacent to an activating group) is 1. The third kappa shape index (κ3) is 2.05. The number of benzene rings is 1. The number of hydrogen-bond donors (Lipinski definition) is 0. The largest absolute Gasteiger partial charge is 0.344 e. The molecule has 0 bridgehead atoms. The quantitative estimate of drug-likeness (QED) is 0.684. The number of halogens is 2. The molecule has 0 fully saturated rings. The van der Waals surface area contributed by atoms with Crippen molar-refractivity contribution in [2.75, 3.05) is 7.05 Å². The van der Waals surface area contributed by atoms with E-state index in [0.717, 1.165) is 6.07 Å². The van der Waals surface area contributed by atoms with Gasteiger partial charge in [-0.1, -0.05) is 12.5 Å². The van der Waals surface area contributed by atoms with Gasteiger partial charge in [-0.25, -0.2) is 8.78 Å². The maximum absolute atomic E-state index is 13.2. The first-order chi connectivity index (χ1) is 8.52. The van der Waals surface area contributed by atoms with Crippen LogP contribution in [0.15, 0.2) is 48.2 Å². The second-order valence-electron chi connectivity index (χ2n) is 3.94. The maximum Gasteiger partial charge on any atom is 0.126 e. The lowest BCUT2D eigenvalue weighted by molar-refractivity contribution is 0.575. The molecule has 3 heteroatoms. The third-order valence-electron chi connectivity index (χ3n) is 2.80. The van der Waals surface area contributed by atoms with Crippen LogP contribution < -0.4 is 0 Å². The molecule has 0 spiro atoms. The zero-order chi connectivity index (χ0) is 13.3. The molecule has 0 aromatic heterocycles. The second-order valence-corrected chi connectivity index (χ2v) is 3.94. The molecule has 0 N–H and O–H groups in total. The fourth-order valence-corrected chi connectivity index (χ4v) is 1.82. The van der Waals surface area contributed by atoms with E-state index in [1.54, 1.807) is 24.1 Å². The van der Waals surface area contributed by atoms with Gasteiger partial charge >= 0.3 is 0 Å². The van der Waals surface area contributed by atoms with Crippen molar-refractivity contribution in [2.24, 2.45) is 0 Å². The smallest absolute Gasteiger partial charge is 0.126 e. The van der Waals surface area contributed by atoms with Crippen molar-refractivity contribution < 1.29 is 8.78 Å². The fraction of sp³-hybridized carbons (Fsp3) is 0.0667. The van der Waals surface area contributed by atoms with Crippen LogP contribution in [0.1, 0.15) is 5.56 Å². The van der Waals surface area contributed by atoms with E-state index < -0.39 is 11.6 Å². The zero-order valence-corrected chi connectivity index (χ0v) is 9.87. The van der Waals surface area contributed by atoms with Crippen LogP contribution in [0.25, 0.3) is 5.70 Å². The lowest BCUT2D eigenvalue weighted by Gasteiger charge is -2.28. The van der Waals surface area contributed by atoms with Crippen LogP contribution in [-0.4, -0.2) is 11.9 Å². The average molecular weight is 243 g/mol. The highest BCUT2D eigenvalue weighted by molar-refractivity contribution is 5.72. The van der Waals surface area contributed by atoms with Crippen molar-refractivity contribution in [3.8, 4) is 12.3 Å². The first kappa shape index (κ1) is 12.1. The Morgan fingerprint density at radius 2 is 1.78 bits per heavy atom. The molecule has 1 nitrogen and oxygen atoms in total. The molecule has 0 aliphatic carbocycles. The lowest BCUT2D eigenvalue weighted by atomic mass is 10.0. The Bertz CT molecular complexity index is 598. The second kappa shape index (κ2) is 4.50. The van der Waals surface area contributed by atoms with Gasteiger partial charge in [0.15, 0.2) is 0 Å². The van der Waals surface area contributed by atoms with E-state index in [4.69, 9.17) is 6.42 Å². The summed E-state index contributed by atoms with van der Waals surface area (Å²) >= 11 is 0. The van der Waals surface area contributed by atoms with E-state index in [1.807, 2.05) is 0 Å². The van der Waals surface area contributed by atoms with Crippen LogP contribution in [0.2, 0.25) is 0 Å². The van der Waals surface area contributed by atoms with E-state index in [0.29, 0.717) is 22.5 Å². The molecule has 0 amide bonds. The van der Waals surface area contributed by atoms with Crippen LogP contribution in [0.3, 0.4) is 0 Å². The summed E-state index contributed by atoms with van der Waals surface area (Å²) in [4.78, 5) is 1.71.